The fraction of sp³-hybridized carbons (Fsp3) is 0.154. The van der Waals surface area contributed by atoms with Crippen molar-refractivity contribution in [3.8, 4) is 34.0 Å². The first-order valence-electron chi connectivity index (χ1n) is 11.4. The second kappa shape index (κ2) is 8.94. The van der Waals surface area contributed by atoms with E-state index in [1.165, 1.54) is 17.0 Å². The topological polar surface area (TPSA) is 182 Å². The van der Waals surface area contributed by atoms with Crippen LogP contribution < -0.4 is 11.5 Å². The number of hydrogen-bond donors (Lipinski definition) is 6. The number of nitrogens with one attached hydrogen (secondary N) is 2. The van der Waals surface area contributed by atoms with Gasteiger partial charge in [-0.3, -0.25) is 15.0 Å². The first kappa shape index (κ1) is 23.8. The molecule has 1 saturated heterocycles. The van der Waals surface area contributed by atoms with E-state index in [0.717, 1.165) is 18.2 Å². The third-order valence-corrected chi connectivity index (χ3v) is 6.50. The van der Waals surface area contributed by atoms with Gasteiger partial charge in [-0.25, -0.2) is 9.37 Å². The molecule has 1 aliphatic heterocycles. The largest absolute Gasteiger partial charge is 0.507 e. The maximum absolute atomic E-state index is 14.1. The van der Waals surface area contributed by atoms with Gasteiger partial charge in [-0.1, -0.05) is 0 Å². The summed E-state index contributed by atoms with van der Waals surface area (Å²) in [5, 5.41) is 29.3. The molecule has 1 atom stereocenters. The molecule has 5 rings (SSSR count). The number of H-pyrrole nitrogens is 1. The van der Waals surface area contributed by atoms with Crippen molar-refractivity contribution in [2.75, 3.05) is 6.54 Å². The highest BCUT2D eigenvalue weighted by molar-refractivity contribution is 6.02. The van der Waals surface area contributed by atoms with Gasteiger partial charge >= 0.3 is 0 Å². The number of hydrogen-bond acceptors (Lipinski definition) is 6. The van der Waals surface area contributed by atoms with E-state index in [9.17, 15) is 24.2 Å². The maximum Gasteiger partial charge on any atom is 0.254 e. The van der Waals surface area contributed by atoms with Crippen molar-refractivity contribution in [1.29, 1.82) is 5.41 Å². The van der Waals surface area contributed by atoms with E-state index in [1.54, 1.807) is 18.2 Å². The number of likely N-dealkylation sites (tertiary alicyclic amines) is 1. The minimum Gasteiger partial charge on any atom is -0.507 e. The zero-order valence-electron chi connectivity index (χ0n) is 19.5. The number of phenolic OH excluding ortho intramolecular Hbond substituents is 2. The van der Waals surface area contributed by atoms with Crippen molar-refractivity contribution in [1.82, 2.24) is 14.9 Å². The smallest absolute Gasteiger partial charge is 0.254 e. The molecule has 0 spiro atoms. The zero-order valence-corrected chi connectivity index (χ0v) is 19.5. The summed E-state index contributed by atoms with van der Waals surface area (Å²) < 4.78 is 14.1. The van der Waals surface area contributed by atoms with Crippen molar-refractivity contribution in [2.24, 2.45) is 11.5 Å². The Morgan fingerprint density at radius 3 is 2.51 bits per heavy atom. The van der Waals surface area contributed by atoms with Crippen molar-refractivity contribution >= 4 is 28.7 Å². The van der Waals surface area contributed by atoms with Crippen LogP contribution in [0.2, 0.25) is 0 Å². The van der Waals surface area contributed by atoms with E-state index in [-0.39, 0.29) is 45.4 Å². The number of carbonyl (C=O) groups is 2. The lowest BCUT2D eigenvalue weighted by molar-refractivity contribution is -0.121. The van der Waals surface area contributed by atoms with Gasteiger partial charge in [0.15, 0.2) is 0 Å². The van der Waals surface area contributed by atoms with Crippen molar-refractivity contribution in [3.05, 3.63) is 65.5 Å². The molecule has 1 aliphatic rings. The summed E-state index contributed by atoms with van der Waals surface area (Å²) in [6, 6.07) is 10.1. The van der Waals surface area contributed by atoms with Crippen LogP contribution in [0.4, 0.5) is 4.39 Å². The van der Waals surface area contributed by atoms with Gasteiger partial charge in [0.25, 0.3) is 5.91 Å². The number of nitrogens with two attached hydrogens (primary N) is 2. The SMILES string of the molecule is N=C(N)c1ccc2nc(-c3cc(C(=O)N4CCC[C@H]4C(N)=O)cc(-c4cc(F)ccc4O)c3O)[nH]c2c1. The van der Waals surface area contributed by atoms with Crippen LogP contribution in [0.15, 0.2) is 48.5 Å². The Morgan fingerprint density at radius 1 is 1.03 bits per heavy atom. The number of primary amides is 1. The Kier molecular flexibility index (Phi) is 5.75. The van der Waals surface area contributed by atoms with Gasteiger partial charge in [0.05, 0.1) is 16.6 Å². The Balaban J connectivity index is 1.71. The molecular weight excluding hydrogens is 479 g/mol. The summed E-state index contributed by atoms with van der Waals surface area (Å²) in [5.74, 6) is -2.38. The van der Waals surface area contributed by atoms with Crippen LogP contribution in [0.3, 0.4) is 0 Å². The number of nitrogen functional groups attached to an aromatic ring is 1. The molecule has 2 heterocycles. The number of carbonyl (C=O) groups excluding carboxylic acids is 2. The van der Waals surface area contributed by atoms with Crippen molar-refractivity contribution < 1.29 is 24.2 Å². The molecule has 11 heteroatoms. The van der Waals surface area contributed by atoms with Crippen LogP contribution in [-0.2, 0) is 4.79 Å². The van der Waals surface area contributed by atoms with Crippen LogP contribution in [0.25, 0.3) is 33.5 Å². The molecule has 0 radical (unpaired) electrons. The highest BCUT2D eigenvalue weighted by atomic mass is 19.1. The summed E-state index contributed by atoms with van der Waals surface area (Å²) in [6.07, 6.45) is 1.04. The number of aromatic amines is 1. The predicted molar refractivity (Wildman–Crippen MR) is 135 cm³/mol. The number of fused-ring (bicyclic) bond motifs is 1. The van der Waals surface area contributed by atoms with E-state index in [4.69, 9.17) is 16.9 Å². The first-order chi connectivity index (χ1) is 17.6. The highest BCUT2D eigenvalue weighted by Crippen LogP contribution is 2.42. The molecule has 1 fully saturated rings. The quantitative estimate of drug-likeness (QED) is 0.180. The van der Waals surface area contributed by atoms with Gasteiger partial charge in [-0.2, -0.15) is 0 Å². The Labute approximate surface area is 209 Å². The van der Waals surface area contributed by atoms with Crippen LogP contribution in [0, 0.1) is 11.2 Å². The second-order valence-corrected chi connectivity index (χ2v) is 8.87. The molecule has 4 aromatic rings. The number of aromatic nitrogens is 2. The van der Waals surface area contributed by atoms with E-state index in [0.29, 0.717) is 36.0 Å². The van der Waals surface area contributed by atoms with Crippen molar-refractivity contribution in [2.45, 2.75) is 18.9 Å². The predicted octanol–water partition coefficient (Wildman–Crippen LogP) is 2.82. The number of imidazole rings is 1. The summed E-state index contributed by atoms with van der Waals surface area (Å²) in [4.78, 5) is 34.3. The minimum atomic E-state index is -0.771. The number of halogens is 1. The molecule has 0 bridgehead atoms. The van der Waals surface area contributed by atoms with E-state index in [1.807, 2.05) is 0 Å². The molecule has 8 N–H and O–H groups in total. The molecule has 3 aromatic carbocycles. The Bertz CT molecular complexity index is 1600. The van der Waals surface area contributed by atoms with Gasteiger partial charge in [0, 0.05) is 28.8 Å². The number of amides is 2. The van der Waals surface area contributed by atoms with Gasteiger partial charge in [-0.15, -0.1) is 0 Å². The number of nitrogens with zero attached hydrogens (tertiary/aromatic N) is 2. The normalized spacial score (nSPS) is 15.3. The average molecular weight is 503 g/mol. The van der Waals surface area contributed by atoms with Crippen LogP contribution in [0.5, 0.6) is 11.5 Å². The Morgan fingerprint density at radius 2 is 1.78 bits per heavy atom. The first-order valence-corrected chi connectivity index (χ1v) is 11.4. The second-order valence-electron chi connectivity index (χ2n) is 8.87. The van der Waals surface area contributed by atoms with Gasteiger partial charge in [0.1, 0.15) is 35.0 Å². The van der Waals surface area contributed by atoms with E-state index in [2.05, 4.69) is 9.97 Å². The monoisotopic (exact) mass is 502 g/mol. The number of aromatic hydroxyl groups is 2. The molecule has 10 nitrogen and oxygen atoms in total. The summed E-state index contributed by atoms with van der Waals surface area (Å²) in [5.41, 5.74) is 12.8. The summed E-state index contributed by atoms with van der Waals surface area (Å²) in [6.45, 7) is 0.321. The molecule has 0 unspecified atom stereocenters. The van der Waals surface area contributed by atoms with Crippen LogP contribution in [0.1, 0.15) is 28.8 Å². The highest BCUT2D eigenvalue weighted by Gasteiger charge is 2.34. The zero-order chi connectivity index (χ0) is 26.4. The molecule has 1 aromatic heterocycles. The number of amidine groups is 1. The lowest BCUT2D eigenvalue weighted by Gasteiger charge is -2.23. The van der Waals surface area contributed by atoms with Crippen molar-refractivity contribution in [3.63, 3.8) is 0 Å². The van der Waals surface area contributed by atoms with Gasteiger partial charge in [0.2, 0.25) is 5.91 Å². The third kappa shape index (κ3) is 4.20. The van der Waals surface area contributed by atoms with Crippen LogP contribution in [-0.4, -0.2) is 55.3 Å². The fourth-order valence-corrected chi connectivity index (χ4v) is 4.64. The molecule has 188 valence electrons. The van der Waals surface area contributed by atoms with E-state index < -0.39 is 23.7 Å². The molecular formula is C26H23FN6O4. The number of benzene rings is 3. The summed E-state index contributed by atoms with van der Waals surface area (Å²) >= 11 is 0. The number of rotatable bonds is 5. The minimum absolute atomic E-state index is 0.00227. The van der Waals surface area contributed by atoms with Gasteiger partial charge in [-0.05, 0) is 61.4 Å². The standard InChI is InChI=1S/C26H23FN6O4/c27-14-4-6-21(34)15(11-14)16-8-13(26(37)33-7-1-2-20(33)24(30)36)9-17(22(16)35)25-31-18-5-3-12(23(28)29)10-19(18)32-25/h3-6,8-11,20,34-35H,1-2,7H2,(H3,28,29)(H2,30,36)(H,31,32)/t20-/m0/s1. The lowest BCUT2D eigenvalue weighted by atomic mass is 9.96. The molecule has 0 saturated carbocycles. The average Bonchev–Trinajstić information content (AvgIpc) is 3.52. The number of phenols is 2. The fourth-order valence-electron chi connectivity index (χ4n) is 4.64. The van der Waals surface area contributed by atoms with Crippen LogP contribution >= 0.6 is 0 Å². The maximum atomic E-state index is 14.1. The molecule has 2 amide bonds. The Hall–Kier alpha value is -4.93. The molecule has 0 aliphatic carbocycles. The molecule has 37 heavy (non-hydrogen) atoms. The van der Waals surface area contributed by atoms with Gasteiger partial charge < -0.3 is 31.6 Å². The van der Waals surface area contributed by atoms with E-state index >= 15 is 0 Å². The lowest BCUT2D eigenvalue weighted by Crippen LogP contribution is -2.43. The third-order valence-electron chi connectivity index (χ3n) is 6.50. The summed E-state index contributed by atoms with van der Waals surface area (Å²) in [7, 11) is 0.